The summed E-state index contributed by atoms with van der Waals surface area (Å²) in [6.07, 6.45) is 2.68. The Hall–Kier alpha value is -3.00. The molecule has 0 bridgehead atoms. The van der Waals surface area contributed by atoms with E-state index in [4.69, 9.17) is 0 Å². The van der Waals surface area contributed by atoms with Crippen LogP contribution >= 0.6 is 11.3 Å². The van der Waals surface area contributed by atoms with E-state index in [1.54, 1.807) is 18.6 Å². The Balaban J connectivity index is 1.55. The van der Waals surface area contributed by atoms with Crippen molar-refractivity contribution in [3.63, 3.8) is 0 Å². The van der Waals surface area contributed by atoms with Gasteiger partial charge in [0.05, 0.1) is 17.8 Å². The molecule has 27 heavy (non-hydrogen) atoms. The molecule has 3 heterocycles. The van der Waals surface area contributed by atoms with E-state index in [0.717, 1.165) is 29.2 Å². The predicted octanol–water partition coefficient (Wildman–Crippen LogP) is 5.14. The zero-order valence-corrected chi connectivity index (χ0v) is 14.7. The summed E-state index contributed by atoms with van der Waals surface area (Å²) in [6.45, 7) is 0.515. The summed E-state index contributed by atoms with van der Waals surface area (Å²) < 4.78 is 40.0. The number of nitrogens with zero attached hydrogens (tertiary/aromatic N) is 4. The zero-order chi connectivity index (χ0) is 18.9. The number of hydrogen-bond donors (Lipinski definition) is 0. The van der Waals surface area contributed by atoms with E-state index in [-0.39, 0.29) is 0 Å². The molecule has 0 saturated heterocycles. The molecule has 8 heteroatoms. The SMILES string of the molecule is FC(F)(F)c1ccc(-c2nc(Cn3ccnc3-c3cccnc3)cs2)cc1. The highest BCUT2D eigenvalue weighted by molar-refractivity contribution is 7.13. The number of imidazole rings is 1. The zero-order valence-electron chi connectivity index (χ0n) is 13.9. The highest BCUT2D eigenvalue weighted by Gasteiger charge is 2.30. The van der Waals surface area contributed by atoms with Crippen LogP contribution in [0.1, 0.15) is 11.3 Å². The third-order valence-corrected chi connectivity index (χ3v) is 4.92. The average Bonchev–Trinajstić information content (AvgIpc) is 3.32. The third-order valence-electron chi connectivity index (χ3n) is 3.98. The maximum atomic E-state index is 12.7. The molecule has 1 aromatic carbocycles. The van der Waals surface area contributed by atoms with Crippen LogP contribution in [0.4, 0.5) is 13.2 Å². The molecule has 0 N–H and O–H groups in total. The van der Waals surface area contributed by atoms with Crippen molar-refractivity contribution in [2.24, 2.45) is 0 Å². The van der Waals surface area contributed by atoms with E-state index in [1.165, 1.54) is 23.5 Å². The van der Waals surface area contributed by atoms with Crippen LogP contribution < -0.4 is 0 Å². The van der Waals surface area contributed by atoms with Crippen LogP contribution in [0, 0.1) is 0 Å². The minimum atomic E-state index is -4.34. The van der Waals surface area contributed by atoms with Gasteiger partial charge in [0.1, 0.15) is 10.8 Å². The molecule has 4 rings (SSSR count). The van der Waals surface area contributed by atoms with Gasteiger partial charge in [-0.3, -0.25) is 4.98 Å². The predicted molar refractivity (Wildman–Crippen MR) is 97.1 cm³/mol. The summed E-state index contributed by atoms with van der Waals surface area (Å²) >= 11 is 1.40. The second kappa shape index (κ2) is 6.96. The number of alkyl halides is 3. The van der Waals surface area contributed by atoms with Crippen molar-refractivity contribution >= 4 is 11.3 Å². The Kier molecular flexibility index (Phi) is 4.49. The van der Waals surface area contributed by atoms with Gasteiger partial charge in [0.2, 0.25) is 0 Å². The summed E-state index contributed by atoms with van der Waals surface area (Å²) in [5.41, 5.74) is 1.72. The van der Waals surface area contributed by atoms with Crippen molar-refractivity contribution in [1.82, 2.24) is 19.5 Å². The highest BCUT2D eigenvalue weighted by Crippen LogP contribution is 2.32. The van der Waals surface area contributed by atoms with E-state index < -0.39 is 11.7 Å². The fourth-order valence-corrected chi connectivity index (χ4v) is 3.50. The molecule has 0 saturated carbocycles. The molecule has 0 fully saturated rings. The molecule has 4 aromatic rings. The first-order valence-corrected chi connectivity index (χ1v) is 8.92. The first-order valence-electron chi connectivity index (χ1n) is 8.04. The Morgan fingerprint density at radius 1 is 1.00 bits per heavy atom. The first kappa shape index (κ1) is 17.4. The second-order valence-electron chi connectivity index (χ2n) is 5.84. The van der Waals surface area contributed by atoms with Crippen molar-refractivity contribution in [1.29, 1.82) is 0 Å². The first-order chi connectivity index (χ1) is 13.0. The molecule has 4 nitrogen and oxygen atoms in total. The Morgan fingerprint density at radius 3 is 2.52 bits per heavy atom. The average molecular weight is 386 g/mol. The van der Waals surface area contributed by atoms with Crippen LogP contribution in [-0.2, 0) is 12.7 Å². The van der Waals surface area contributed by atoms with Crippen molar-refractivity contribution in [2.75, 3.05) is 0 Å². The van der Waals surface area contributed by atoms with Crippen molar-refractivity contribution < 1.29 is 13.2 Å². The minimum absolute atomic E-state index is 0.515. The van der Waals surface area contributed by atoms with Crippen LogP contribution in [0.15, 0.2) is 66.6 Å². The van der Waals surface area contributed by atoms with E-state index in [1.807, 2.05) is 28.3 Å². The van der Waals surface area contributed by atoms with Crippen LogP contribution in [0.25, 0.3) is 22.0 Å². The van der Waals surface area contributed by atoms with Crippen molar-refractivity contribution in [3.8, 4) is 22.0 Å². The fourth-order valence-electron chi connectivity index (χ4n) is 2.68. The standard InChI is InChI=1S/C19H13F3N4S/c20-19(21,22)15-5-3-13(4-6-15)18-25-16(12-27-18)11-26-9-8-24-17(26)14-2-1-7-23-10-14/h1-10,12H,11H2. The summed E-state index contributed by atoms with van der Waals surface area (Å²) in [4.78, 5) is 13.0. The molecule has 0 aliphatic carbocycles. The highest BCUT2D eigenvalue weighted by atomic mass is 32.1. The molecular formula is C19H13F3N4S. The van der Waals surface area contributed by atoms with Crippen LogP contribution in [0.3, 0.4) is 0 Å². The normalized spacial score (nSPS) is 11.7. The third kappa shape index (κ3) is 3.75. The molecule has 136 valence electrons. The maximum absolute atomic E-state index is 12.7. The molecule has 0 amide bonds. The summed E-state index contributed by atoms with van der Waals surface area (Å²) in [6, 6.07) is 8.83. The molecule has 0 unspecified atom stereocenters. The number of hydrogen-bond acceptors (Lipinski definition) is 4. The molecular weight excluding hydrogens is 373 g/mol. The number of halogens is 3. The van der Waals surface area contributed by atoms with E-state index in [2.05, 4.69) is 15.0 Å². The molecule has 3 aromatic heterocycles. The lowest BCUT2D eigenvalue weighted by atomic mass is 10.1. The topological polar surface area (TPSA) is 43.6 Å². The van der Waals surface area contributed by atoms with Gasteiger partial charge in [-0.05, 0) is 24.3 Å². The number of benzene rings is 1. The quantitative estimate of drug-likeness (QED) is 0.488. The number of thiazole rings is 1. The molecule has 0 atom stereocenters. The molecule has 0 radical (unpaired) electrons. The summed E-state index contributed by atoms with van der Waals surface area (Å²) in [7, 11) is 0. The minimum Gasteiger partial charge on any atom is -0.325 e. The Bertz CT molecular complexity index is 1040. The molecule has 0 aliphatic heterocycles. The van der Waals surface area contributed by atoms with Crippen molar-refractivity contribution in [3.05, 3.63) is 77.8 Å². The lowest BCUT2D eigenvalue weighted by Crippen LogP contribution is -2.04. The van der Waals surface area contributed by atoms with E-state index >= 15 is 0 Å². The van der Waals surface area contributed by atoms with Gasteiger partial charge in [0.15, 0.2) is 0 Å². The summed E-state index contributed by atoms with van der Waals surface area (Å²) in [5.74, 6) is 0.784. The maximum Gasteiger partial charge on any atom is 0.416 e. The van der Waals surface area contributed by atoms with E-state index in [0.29, 0.717) is 17.1 Å². The lowest BCUT2D eigenvalue weighted by molar-refractivity contribution is -0.137. The Morgan fingerprint density at radius 2 is 1.81 bits per heavy atom. The summed E-state index contributed by atoms with van der Waals surface area (Å²) in [5, 5.41) is 2.58. The van der Waals surface area contributed by atoms with Gasteiger partial charge in [0, 0.05) is 41.3 Å². The number of aromatic nitrogens is 4. The number of pyridine rings is 1. The van der Waals surface area contributed by atoms with Crippen molar-refractivity contribution in [2.45, 2.75) is 12.7 Å². The van der Waals surface area contributed by atoms with Gasteiger partial charge in [-0.15, -0.1) is 11.3 Å². The smallest absolute Gasteiger partial charge is 0.325 e. The second-order valence-corrected chi connectivity index (χ2v) is 6.70. The van der Waals surface area contributed by atoms with Gasteiger partial charge in [0.25, 0.3) is 0 Å². The van der Waals surface area contributed by atoms with Gasteiger partial charge < -0.3 is 4.57 Å². The van der Waals surface area contributed by atoms with Gasteiger partial charge >= 0.3 is 6.18 Å². The molecule has 0 aliphatic rings. The van der Waals surface area contributed by atoms with Gasteiger partial charge in [-0.2, -0.15) is 13.2 Å². The van der Waals surface area contributed by atoms with Crippen LogP contribution in [0.5, 0.6) is 0 Å². The fraction of sp³-hybridized carbons (Fsp3) is 0.105. The molecule has 0 spiro atoms. The largest absolute Gasteiger partial charge is 0.416 e. The lowest BCUT2D eigenvalue weighted by Gasteiger charge is -2.06. The Labute approximate surface area is 157 Å². The van der Waals surface area contributed by atoms with Crippen LogP contribution in [-0.4, -0.2) is 19.5 Å². The van der Waals surface area contributed by atoms with Gasteiger partial charge in [-0.1, -0.05) is 12.1 Å². The number of rotatable bonds is 4. The monoisotopic (exact) mass is 386 g/mol. The van der Waals surface area contributed by atoms with Crippen LogP contribution in [0.2, 0.25) is 0 Å². The van der Waals surface area contributed by atoms with E-state index in [9.17, 15) is 13.2 Å². The van der Waals surface area contributed by atoms with Gasteiger partial charge in [-0.25, -0.2) is 9.97 Å².